The fraction of sp³-hybridized carbons (Fsp3) is 0.765. The van der Waals surface area contributed by atoms with Crippen LogP contribution in [0.15, 0.2) is 6.07 Å². The minimum atomic E-state index is 0.364. The van der Waals surface area contributed by atoms with Crippen molar-refractivity contribution in [2.45, 2.75) is 75.9 Å². The maximum atomic E-state index is 6.00. The Morgan fingerprint density at radius 1 is 1.19 bits per heavy atom. The van der Waals surface area contributed by atoms with Crippen LogP contribution in [0.1, 0.15) is 75.2 Å². The number of nitrogens with zero attached hydrogens (tertiary/aromatic N) is 2. The monoisotopic (exact) mass is 287 g/mol. The van der Waals surface area contributed by atoms with Crippen LogP contribution in [0, 0.1) is 0 Å². The predicted octanol–water partition coefficient (Wildman–Crippen LogP) is 3.60. The highest BCUT2D eigenvalue weighted by Gasteiger charge is 2.43. The van der Waals surface area contributed by atoms with Crippen molar-refractivity contribution in [3.63, 3.8) is 0 Å². The lowest BCUT2D eigenvalue weighted by Gasteiger charge is -2.20. The fourth-order valence-electron chi connectivity index (χ4n) is 4.26. The maximum absolute atomic E-state index is 6.00. The zero-order valence-electron chi connectivity index (χ0n) is 12.8. The zero-order chi connectivity index (χ0) is 14.2. The van der Waals surface area contributed by atoms with E-state index in [0.717, 1.165) is 24.6 Å². The molecule has 1 saturated carbocycles. The quantitative estimate of drug-likeness (QED) is 0.919. The minimum Gasteiger partial charge on any atom is -0.374 e. The molecule has 3 fully saturated rings. The number of aromatic nitrogens is 2. The Bertz CT molecular complexity index is 513. The third kappa shape index (κ3) is 2.54. The van der Waals surface area contributed by atoms with Crippen LogP contribution in [0.25, 0.3) is 0 Å². The van der Waals surface area contributed by atoms with E-state index in [0.29, 0.717) is 24.0 Å². The molecule has 0 aromatic carbocycles. The molecule has 1 aliphatic carbocycles. The van der Waals surface area contributed by atoms with E-state index in [1.54, 1.807) is 0 Å². The molecule has 114 valence electrons. The normalized spacial score (nSPS) is 32.0. The molecule has 3 atom stereocenters. The summed E-state index contributed by atoms with van der Waals surface area (Å²) in [7, 11) is 0. The van der Waals surface area contributed by atoms with Gasteiger partial charge in [0.15, 0.2) is 0 Å². The second-order valence-corrected chi connectivity index (χ2v) is 6.76. The van der Waals surface area contributed by atoms with Gasteiger partial charge < -0.3 is 10.1 Å². The minimum absolute atomic E-state index is 0.364. The van der Waals surface area contributed by atoms with Gasteiger partial charge in [-0.2, -0.15) is 0 Å². The van der Waals surface area contributed by atoms with Crippen molar-refractivity contribution >= 4 is 5.82 Å². The van der Waals surface area contributed by atoms with Crippen molar-refractivity contribution in [3.8, 4) is 0 Å². The molecule has 2 aliphatic heterocycles. The van der Waals surface area contributed by atoms with Gasteiger partial charge in [0.25, 0.3) is 0 Å². The van der Waals surface area contributed by atoms with E-state index in [9.17, 15) is 0 Å². The molecular formula is C17H25N3O. The Hall–Kier alpha value is -1.16. The van der Waals surface area contributed by atoms with Crippen LogP contribution in [0.2, 0.25) is 0 Å². The van der Waals surface area contributed by atoms with Gasteiger partial charge >= 0.3 is 0 Å². The van der Waals surface area contributed by atoms with Crippen molar-refractivity contribution in [2.24, 2.45) is 0 Å². The molecule has 3 aliphatic rings. The Kier molecular flexibility index (Phi) is 3.57. The second-order valence-electron chi connectivity index (χ2n) is 6.76. The standard InChI is InChI=1S/C17H25N3O/c1-2-18-16-10-14(11-5-3-4-6-11)19-17(20-16)13-9-12-7-8-15(13)21-12/h10-13,15H,2-9H2,1H3,(H,18,19,20). The summed E-state index contributed by atoms with van der Waals surface area (Å²) < 4.78 is 6.00. The molecule has 2 saturated heterocycles. The van der Waals surface area contributed by atoms with E-state index in [-0.39, 0.29) is 0 Å². The first kappa shape index (κ1) is 13.5. The summed E-state index contributed by atoms with van der Waals surface area (Å²) in [4.78, 5) is 9.76. The molecule has 1 aromatic heterocycles. The highest BCUT2D eigenvalue weighted by atomic mass is 16.5. The highest BCUT2D eigenvalue weighted by Crippen LogP contribution is 2.44. The second kappa shape index (κ2) is 5.56. The average Bonchev–Trinajstić information content (AvgIpc) is 3.24. The van der Waals surface area contributed by atoms with Gasteiger partial charge in [0.1, 0.15) is 11.6 Å². The number of anilines is 1. The maximum Gasteiger partial charge on any atom is 0.136 e. The fourth-order valence-corrected chi connectivity index (χ4v) is 4.26. The molecule has 0 amide bonds. The van der Waals surface area contributed by atoms with Crippen LogP contribution in [0.3, 0.4) is 0 Å². The number of ether oxygens (including phenoxy) is 1. The number of fused-ring (bicyclic) bond motifs is 2. The molecule has 1 N–H and O–H groups in total. The smallest absolute Gasteiger partial charge is 0.136 e. The molecule has 1 aromatic rings. The number of hydrogen-bond donors (Lipinski definition) is 1. The van der Waals surface area contributed by atoms with Gasteiger partial charge in [-0.25, -0.2) is 9.97 Å². The Balaban J connectivity index is 1.65. The summed E-state index contributed by atoms with van der Waals surface area (Å²) in [5.41, 5.74) is 1.26. The van der Waals surface area contributed by atoms with E-state index >= 15 is 0 Å². The van der Waals surface area contributed by atoms with Crippen LogP contribution in [0.4, 0.5) is 5.82 Å². The zero-order valence-corrected chi connectivity index (χ0v) is 12.8. The summed E-state index contributed by atoms with van der Waals surface area (Å²) in [6, 6.07) is 2.18. The lowest BCUT2D eigenvalue weighted by atomic mass is 9.88. The third-order valence-corrected chi connectivity index (χ3v) is 5.33. The summed E-state index contributed by atoms with van der Waals surface area (Å²) in [6.45, 7) is 3.03. The van der Waals surface area contributed by atoms with Crippen LogP contribution < -0.4 is 5.32 Å². The van der Waals surface area contributed by atoms with E-state index in [2.05, 4.69) is 18.3 Å². The molecule has 3 unspecified atom stereocenters. The molecule has 2 bridgehead atoms. The van der Waals surface area contributed by atoms with Crippen LogP contribution in [-0.2, 0) is 4.74 Å². The first-order chi connectivity index (χ1) is 10.3. The summed E-state index contributed by atoms with van der Waals surface area (Å²) in [6.07, 6.45) is 9.61. The van der Waals surface area contributed by atoms with Gasteiger partial charge in [0.05, 0.1) is 12.2 Å². The Labute approximate surface area is 126 Å². The summed E-state index contributed by atoms with van der Waals surface area (Å²) >= 11 is 0. The van der Waals surface area contributed by atoms with Crippen molar-refractivity contribution < 1.29 is 4.74 Å². The number of rotatable bonds is 4. The third-order valence-electron chi connectivity index (χ3n) is 5.33. The lowest BCUT2D eigenvalue weighted by Crippen LogP contribution is -2.19. The first-order valence-corrected chi connectivity index (χ1v) is 8.61. The number of hydrogen-bond acceptors (Lipinski definition) is 4. The van der Waals surface area contributed by atoms with Crippen molar-refractivity contribution in [3.05, 3.63) is 17.6 Å². The van der Waals surface area contributed by atoms with Crippen molar-refractivity contribution in [1.82, 2.24) is 9.97 Å². The Morgan fingerprint density at radius 3 is 2.71 bits per heavy atom. The molecule has 4 rings (SSSR count). The van der Waals surface area contributed by atoms with Crippen LogP contribution in [0.5, 0.6) is 0 Å². The molecule has 21 heavy (non-hydrogen) atoms. The lowest BCUT2D eigenvalue weighted by molar-refractivity contribution is 0.0998. The van der Waals surface area contributed by atoms with E-state index < -0.39 is 0 Å². The van der Waals surface area contributed by atoms with E-state index in [1.807, 2.05) is 0 Å². The largest absolute Gasteiger partial charge is 0.374 e. The van der Waals surface area contributed by atoms with Gasteiger partial charge in [0, 0.05) is 30.1 Å². The summed E-state index contributed by atoms with van der Waals surface area (Å²) in [5.74, 6) is 3.10. The Morgan fingerprint density at radius 2 is 2.05 bits per heavy atom. The molecule has 4 heteroatoms. The van der Waals surface area contributed by atoms with Crippen molar-refractivity contribution in [2.75, 3.05) is 11.9 Å². The van der Waals surface area contributed by atoms with Gasteiger partial charge in [0.2, 0.25) is 0 Å². The average molecular weight is 287 g/mol. The van der Waals surface area contributed by atoms with Crippen LogP contribution >= 0.6 is 0 Å². The van der Waals surface area contributed by atoms with Gasteiger partial charge in [-0.05, 0) is 39.0 Å². The van der Waals surface area contributed by atoms with Crippen LogP contribution in [-0.4, -0.2) is 28.7 Å². The molecule has 0 spiro atoms. The molecule has 3 heterocycles. The number of nitrogens with one attached hydrogen (secondary N) is 1. The summed E-state index contributed by atoms with van der Waals surface area (Å²) in [5, 5.41) is 3.39. The SMILES string of the molecule is CCNc1cc(C2CCCC2)nc(C2CC3CCC2O3)n1. The van der Waals surface area contributed by atoms with Gasteiger partial charge in [-0.15, -0.1) is 0 Å². The van der Waals surface area contributed by atoms with Crippen molar-refractivity contribution in [1.29, 1.82) is 0 Å². The van der Waals surface area contributed by atoms with E-state index in [4.69, 9.17) is 14.7 Å². The molecule has 4 nitrogen and oxygen atoms in total. The van der Waals surface area contributed by atoms with Gasteiger partial charge in [-0.1, -0.05) is 12.8 Å². The topological polar surface area (TPSA) is 47.0 Å². The van der Waals surface area contributed by atoms with E-state index in [1.165, 1.54) is 44.2 Å². The first-order valence-electron chi connectivity index (χ1n) is 8.61. The highest BCUT2D eigenvalue weighted by molar-refractivity contribution is 5.38. The van der Waals surface area contributed by atoms with Gasteiger partial charge in [-0.3, -0.25) is 0 Å². The predicted molar refractivity (Wildman–Crippen MR) is 82.7 cm³/mol. The molecule has 0 radical (unpaired) electrons. The molecular weight excluding hydrogens is 262 g/mol.